The molecule has 1 aromatic rings. The fourth-order valence-electron chi connectivity index (χ4n) is 5.59. The number of ether oxygens (including phenoxy) is 1. The second-order valence-corrected chi connectivity index (χ2v) is 8.51. The van der Waals surface area contributed by atoms with Crippen molar-refractivity contribution < 1.29 is 9.53 Å². The number of anilines is 1. The SMILES string of the molecule is O=C(c1ncc(N[C@@H]2C[C@H]3CC[C@@H]2C3)c2c1CCCC2)N1CCOCC1. The van der Waals surface area contributed by atoms with Crippen molar-refractivity contribution in [3.8, 4) is 0 Å². The molecule has 1 N–H and O–H groups in total. The summed E-state index contributed by atoms with van der Waals surface area (Å²) < 4.78 is 5.39. The van der Waals surface area contributed by atoms with Gasteiger partial charge in [0.2, 0.25) is 0 Å². The van der Waals surface area contributed by atoms with E-state index in [9.17, 15) is 4.79 Å². The van der Waals surface area contributed by atoms with Crippen LogP contribution < -0.4 is 5.32 Å². The maximum atomic E-state index is 13.0. The van der Waals surface area contributed by atoms with Gasteiger partial charge in [-0.2, -0.15) is 0 Å². The summed E-state index contributed by atoms with van der Waals surface area (Å²) in [4.78, 5) is 19.6. The molecular formula is C21H29N3O2. The molecule has 0 aromatic carbocycles. The Morgan fingerprint density at radius 2 is 1.92 bits per heavy atom. The van der Waals surface area contributed by atoms with Gasteiger partial charge >= 0.3 is 0 Å². The Bertz CT molecular complexity index is 699. The molecule has 0 spiro atoms. The third-order valence-corrected chi connectivity index (χ3v) is 6.98. The predicted molar refractivity (Wildman–Crippen MR) is 100 cm³/mol. The van der Waals surface area contributed by atoms with Crippen molar-refractivity contribution in [3.63, 3.8) is 0 Å². The molecule has 5 rings (SSSR count). The van der Waals surface area contributed by atoms with Gasteiger partial charge in [0.15, 0.2) is 0 Å². The molecule has 4 aliphatic rings. The molecule has 3 atom stereocenters. The summed E-state index contributed by atoms with van der Waals surface area (Å²) in [6, 6.07) is 0.613. The Labute approximate surface area is 155 Å². The molecule has 5 nitrogen and oxygen atoms in total. The van der Waals surface area contributed by atoms with Crippen LogP contribution >= 0.6 is 0 Å². The number of pyridine rings is 1. The minimum Gasteiger partial charge on any atom is -0.381 e. The largest absolute Gasteiger partial charge is 0.381 e. The van der Waals surface area contributed by atoms with Crippen LogP contribution in [0.5, 0.6) is 0 Å². The average molecular weight is 355 g/mol. The molecule has 0 unspecified atom stereocenters. The molecule has 1 aromatic heterocycles. The second-order valence-electron chi connectivity index (χ2n) is 8.51. The van der Waals surface area contributed by atoms with Crippen LogP contribution in [0.4, 0.5) is 5.69 Å². The van der Waals surface area contributed by atoms with E-state index in [0.717, 1.165) is 31.1 Å². The predicted octanol–water partition coefficient (Wildman–Crippen LogP) is 3.03. The Morgan fingerprint density at radius 3 is 2.65 bits per heavy atom. The highest BCUT2D eigenvalue weighted by Crippen LogP contribution is 2.46. The van der Waals surface area contributed by atoms with Crippen molar-refractivity contribution in [3.05, 3.63) is 23.0 Å². The average Bonchev–Trinajstić information content (AvgIpc) is 3.32. The van der Waals surface area contributed by atoms with Crippen LogP contribution in [0.15, 0.2) is 6.20 Å². The minimum absolute atomic E-state index is 0.0953. The summed E-state index contributed by atoms with van der Waals surface area (Å²) in [7, 11) is 0. The van der Waals surface area contributed by atoms with Crippen LogP contribution in [0.1, 0.15) is 60.1 Å². The summed E-state index contributed by atoms with van der Waals surface area (Å²) >= 11 is 0. The number of morpholine rings is 1. The highest BCUT2D eigenvalue weighted by Gasteiger charge is 2.40. The number of carbonyl (C=O) groups excluding carboxylic acids is 1. The highest BCUT2D eigenvalue weighted by molar-refractivity contribution is 5.94. The van der Waals surface area contributed by atoms with E-state index in [1.807, 2.05) is 11.1 Å². The molecule has 26 heavy (non-hydrogen) atoms. The Morgan fingerprint density at radius 1 is 1.12 bits per heavy atom. The van der Waals surface area contributed by atoms with Crippen LogP contribution in [-0.2, 0) is 17.6 Å². The van der Waals surface area contributed by atoms with Gasteiger partial charge in [-0.3, -0.25) is 4.79 Å². The quantitative estimate of drug-likeness (QED) is 0.905. The zero-order chi connectivity index (χ0) is 17.5. The summed E-state index contributed by atoms with van der Waals surface area (Å²) in [5, 5.41) is 3.84. The van der Waals surface area contributed by atoms with Crippen molar-refractivity contribution in [2.75, 3.05) is 31.6 Å². The molecule has 5 heteroatoms. The van der Waals surface area contributed by atoms with E-state index in [4.69, 9.17) is 4.74 Å². The zero-order valence-electron chi connectivity index (χ0n) is 15.5. The number of hydrogen-bond acceptors (Lipinski definition) is 4. The Kier molecular flexibility index (Phi) is 4.35. The van der Waals surface area contributed by atoms with Gasteiger partial charge in [0.1, 0.15) is 5.69 Å². The van der Waals surface area contributed by atoms with Crippen LogP contribution in [-0.4, -0.2) is 48.1 Å². The molecule has 140 valence electrons. The van der Waals surface area contributed by atoms with Gasteiger partial charge in [0.25, 0.3) is 5.91 Å². The maximum Gasteiger partial charge on any atom is 0.272 e. The molecule has 3 aliphatic carbocycles. The van der Waals surface area contributed by atoms with Crippen LogP contribution in [0.3, 0.4) is 0 Å². The van der Waals surface area contributed by atoms with Crippen LogP contribution in [0, 0.1) is 11.8 Å². The number of nitrogens with one attached hydrogen (secondary N) is 1. The number of aromatic nitrogens is 1. The molecule has 2 saturated carbocycles. The first-order valence-corrected chi connectivity index (χ1v) is 10.4. The zero-order valence-corrected chi connectivity index (χ0v) is 15.5. The minimum atomic E-state index is 0.0953. The lowest BCUT2D eigenvalue weighted by Crippen LogP contribution is -2.41. The van der Waals surface area contributed by atoms with Crippen molar-refractivity contribution in [2.24, 2.45) is 11.8 Å². The van der Waals surface area contributed by atoms with E-state index < -0.39 is 0 Å². The van der Waals surface area contributed by atoms with Crippen molar-refractivity contribution >= 4 is 11.6 Å². The van der Waals surface area contributed by atoms with Crippen molar-refractivity contribution in [2.45, 2.75) is 57.4 Å². The van der Waals surface area contributed by atoms with Gasteiger partial charge in [0.05, 0.1) is 25.1 Å². The van der Waals surface area contributed by atoms with Gasteiger partial charge < -0.3 is 15.0 Å². The Balaban J connectivity index is 1.42. The molecule has 2 heterocycles. The number of nitrogens with zero attached hydrogens (tertiary/aromatic N) is 2. The van der Waals surface area contributed by atoms with Crippen molar-refractivity contribution in [1.29, 1.82) is 0 Å². The number of amides is 1. The van der Waals surface area contributed by atoms with E-state index in [-0.39, 0.29) is 5.91 Å². The number of rotatable bonds is 3. The lowest BCUT2D eigenvalue weighted by atomic mass is 9.88. The van der Waals surface area contributed by atoms with E-state index >= 15 is 0 Å². The highest BCUT2D eigenvalue weighted by atomic mass is 16.5. The van der Waals surface area contributed by atoms with Crippen LogP contribution in [0.25, 0.3) is 0 Å². The molecule has 1 amide bonds. The molecule has 1 saturated heterocycles. The standard InChI is InChI=1S/C21H29N3O2/c25-21(24-7-9-26-10-8-24)20-17-4-2-1-3-16(17)19(13-22-20)23-18-12-14-5-6-15(18)11-14/h13-15,18,23H,1-12H2/t14-,15+,18+/m0/s1. The summed E-state index contributed by atoms with van der Waals surface area (Å²) in [5.41, 5.74) is 4.47. The fraction of sp³-hybridized carbons (Fsp3) is 0.714. The van der Waals surface area contributed by atoms with E-state index in [1.165, 1.54) is 48.9 Å². The third-order valence-electron chi connectivity index (χ3n) is 6.98. The summed E-state index contributed by atoms with van der Waals surface area (Å²) in [6.45, 7) is 2.64. The number of fused-ring (bicyclic) bond motifs is 3. The monoisotopic (exact) mass is 355 g/mol. The molecule has 1 aliphatic heterocycles. The topological polar surface area (TPSA) is 54.5 Å². The fourth-order valence-corrected chi connectivity index (χ4v) is 5.59. The first kappa shape index (κ1) is 16.5. The normalized spacial score (nSPS) is 30.3. The van der Waals surface area contributed by atoms with E-state index in [2.05, 4.69) is 10.3 Å². The van der Waals surface area contributed by atoms with Crippen molar-refractivity contribution in [1.82, 2.24) is 9.88 Å². The lowest BCUT2D eigenvalue weighted by Gasteiger charge is -2.30. The molecule has 3 fully saturated rings. The molecule has 2 bridgehead atoms. The van der Waals surface area contributed by atoms with Crippen LogP contribution in [0.2, 0.25) is 0 Å². The lowest BCUT2D eigenvalue weighted by molar-refractivity contribution is 0.0298. The van der Waals surface area contributed by atoms with Gasteiger partial charge in [0, 0.05) is 19.1 Å². The molecule has 0 radical (unpaired) electrons. The maximum absolute atomic E-state index is 13.0. The van der Waals surface area contributed by atoms with Gasteiger partial charge in [-0.05, 0) is 67.9 Å². The second kappa shape index (κ2) is 6.84. The van der Waals surface area contributed by atoms with E-state index in [1.54, 1.807) is 0 Å². The number of hydrogen-bond donors (Lipinski definition) is 1. The van der Waals surface area contributed by atoms with Gasteiger partial charge in [-0.25, -0.2) is 4.98 Å². The van der Waals surface area contributed by atoms with Gasteiger partial charge in [-0.15, -0.1) is 0 Å². The van der Waals surface area contributed by atoms with Gasteiger partial charge in [-0.1, -0.05) is 6.42 Å². The summed E-state index contributed by atoms with van der Waals surface area (Å²) in [5.74, 6) is 1.87. The Hall–Kier alpha value is -1.62. The smallest absolute Gasteiger partial charge is 0.272 e. The number of carbonyl (C=O) groups is 1. The molecular weight excluding hydrogens is 326 g/mol. The summed E-state index contributed by atoms with van der Waals surface area (Å²) in [6.07, 6.45) is 11.9. The first-order chi connectivity index (χ1) is 12.8. The first-order valence-electron chi connectivity index (χ1n) is 10.4. The third kappa shape index (κ3) is 2.90. The van der Waals surface area contributed by atoms with E-state index in [0.29, 0.717) is 38.0 Å².